The van der Waals surface area contributed by atoms with Gasteiger partial charge in [-0.2, -0.15) is 0 Å². The number of rotatable bonds is 24. The molecule has 506 valence electrons. The minimum absolute atomic E-state index is 0.0278. The van der Waals surface area contributed by atoms with Crippen LogP contribution in [0.5, 0.6) is 0 Å². The molecule has 0 saturated carbocycles. The predicted molar refractivity (Wildman–Crippen MR) is 311 cm³/mol. The Balaban J connectivity index is 1.29. The number of carbonyl (C=O) groups excluding carboxylic acids is 3. The molecule has 27 atom stereocenters. The topological polar surface area (TPSA) is 333 Å². The molecule has 24 nitrogen and oxygen atoms in total. The number of aliphatic hydroxyl groups is 8. The van der Waals surface area contributed by atoms with E-state index < -0.39 is 177 Å². The van der Waals surface area contributed by atoms with Crippen molar-refractivity contribution >= 4 is 17.9 Å². The second kappa shape index (κ2) is 36.8. The number of hydrogen-bond donors (Lipinski definition) is 8. The molecular formula is C63H110O24. The zero-order valence-corrected chi connectivity index (χ0v) is 53.2. The van der Waals surface area contributed by atoms with Crippen molar-refractivity contribution in [2.45, 2.75) is 376 Å². The van der Waals surface area contributed by atoms with Gasteiger partial charge in [-0.15, -0.1) is 0 Å². The molecule has 24 heteroatoms. The first kappa shape index (κ1) is 73.7. The number of fused-ring (bicyclic) bond motifs is 3. The Labute approximate surface area is 515 Å². The van der Waals surface area contributed by atoms with Gasteiger partial charge in [-0.25, -0.2) is 0 Å². The van der Waals surface area contributed by atoms with E-state index in [0.717, 1.165) is 89.9 Å². The van der Waals surface area contributed by atoms with Gasteiger partial charge in [0.2, 0.25) is 0 Å². The molecule has 6 heterocycles. The van der Waals surface area contributed by atoms with Crippen molar-refractivity contribution < 1.29 is 117 Å². The summed E-state index contributed by atoms with van der Waals surface area (Å²) in [5.74, 6) is -2.80. The molecule has 0 radical (unpaired) electrons. The molecule has 6 rings (SSSR count). The smallest absolute Gasteiger partial charge is 0.309 e. The minimum atomic E-state index is -1.91. The van der Waals surface area contributed by atoms with Crippen molar-refractivity contribution in [3.8, 4) is 0 Å². The fraction of sp³-hybridized carbons (Fsp3) is 0.952. The molecule has 6 aliphatic heterocycles. The van der Waals surface area contributed by atoms with Gasteiger partial charge in [0.05, 0.1) is 42.5 Å². The highest BCUT2D eigenvalue weighted by molar-refractivity contribution is 5.72. The van der Waals surface area contributed by atoms with Crippen LogP contribution in [0.25, 0.3) is 0 Å². The largest absolute Gasteiger partial charge is 0.457 e. The Morgan fingerprint density at radius 3 is 1.64 bits per heavy atom. The number of carbonyl (C=O) groups is 3. The van der Waals surface area contributed by atoms with Crippen LogP contribution in [-0.4, -0.2) is 218 Å². The molecule has 0 aliphatic carbocycles. The third-order valence-corrected chi connectivity index (χ3v) is 18.2. The summed E-state index contributed by atoms with van der Waals surface area (Å²) in [6, 6.07) is 0. The van der Waals surface area contributed by atoms with E-state index in [0.29, 0.717) is 25.7 Å². The zero-order chi connectivity index (χ0) is 63.5. The van der Waals surface area contributed by atoms with Gasteiger partial charge in [-0.3, -0.25) is 14.4 Å². The lowest BCUT2D eigenvalue weighted by molar-refractivity contribution is -0.399. The second-order valence-electron chi connectivity index (χ2n) is 25.3. The molecule has 2 bridgehead atoms. The number of ether oxygens (including phenoxy) is 13. The van der Waals surface area contributed by atoms with Crippen LogP contribution >= 0.6 is 0 Å². The van der Waals surface area contributed by atoms with E-state index in [2.05, 4.69) is 13.8 Å². The average molecular weight is 1250 g/mol. The lowest BCUT2D eigenvalue weighted by Gasteiger charge is -2.51. The van der Waals surface area contributed by atoms with Crippen molar-refractivity contribution in [2.24, 2.45) is 5.92 Å². The van der Waals surface area contributed by atoms with Crippen molar-refractivity contribution in [3.05, 3.63) is 0 Å². The van der Waals surface area contributed by atoms with Gasteiger partial charge in [-0.1, -0.05) is 137 Å². The van der Waals surface area contributed by atoms with E-state index in [1.54, 1.807) is 27.7 Å². The Morgan fingerprint density at radius 1 is 0.460 bits per heavy atom. The van der Waals surface area contributed by atoms with E-state index in [9.17, 15) is 55.2 Å². The van der Waals surface area contributed by atoms with E-state index >= 15 is 0 Å². The van der Waals surface area contributed by atoms with Crippen LogP contribution < -0.4 is 0 Å². The lowest BCUT2D eigenvalue weighted by atomic mass is 9.95. The Bertz CT molecular complexity index is 1990. The van der Waals surface area contributed by atoms with Crippen molar-refractivity contribution in [1.29, 1.82) is 0 Å². The molecule has 0 unspecified atom stereocenters. The predicted octanol–water partition coefficient (Wildman–Crippen LogP) is 5.33. The highest BCUT2D eigenvalue weighted by Gasteiger charge is 2.59. The maximum atomic E-state index is 14.2. The second-order valence-corrected chi connectivity index (χ2v) is 25.3. The quantitative estimate of drug-likeness (QED) is 0.0344. The van der Waals surface area contributed by atoms with Crippen LogP contribution in [-0.2, 0) is 76.0 Å². The summed E-state index contributed by atoms with van der Waals surface area (Å²) in [7, 11) is 0. The molecule has 6 saturated heterocycles. The molecular weight excluding hydrogens is 1140 g/mol. The third kappa shape index (κ3) is 20.8. The van der Waals surface area contributed by atoms with Gasteiger partial charge < -0.3 is 102 Å². The van der Waals surface area contributed by atoms with E-state index in [1.807, 2.05) is 0 Å². The monoisotopic (exact) mass is 1250 g/mol. The van der Waals surface area contributed by atoms with Crippen molar-refractivity contribution in [3.63, 3.8) is 0 Å². The Kier molecular flexibility index (Phi) is 31.2. The summed E-state index contributed by atoms with van der Waals surface area (Å²) in [4.78, 5) is 41.3. The Hall–Kier alpha value is -2.31. The molecule has 6 aliphatic rings. The molecule has 87 heavy (non-hydrogen) atoms. The van der Waals surface area contributed by atoms with Crippen molar-refractivity contribution in [2.75, 3.05) is 0 Å². The van der Waals surface area contributed by atoms with Crippen LogP contribution in [0.3, 0.4) is 0 Å². The van der Waals surface area contributed by atoms with Gasteiger partial charge in [0.1, 0.15) is 73.2 Å². The third-order valence-electron chi connectivity index (χ3n) is 18.2. The van der Waals surface area contributed by atoms with Crippen molar-refractivity contribution in [1.82, 2.24) is 0 Å². The van der Waals surface area contributed by atoms with Crippen LogP contribution in [0.1, 0.15) is 216 Å². The Morgan fingerprint density at radius 2 is 0.977 bits per heavy atom. The molecule has 8 N–H and O–H groups in total. The molecule has 0 aromatic rings. The van der Waals surface area contributed by atoms with Gasteiger partial charge >= 0.3 is 17.9 Å². The van der Waals surface area contributed by atoms with Crippen LogP contribution in [0.15, 0.2) is 0 Å². The summed E-state index contributed by atoms with van der Waals surface area (Å²) in [6.07, 6.45) is -18.3. The highest BCUT2D eigenvalue weighted by atomic mass is 16.8. The number of esters is 3. The standard InChI is InChI=1S/C63H110O24/c1-10-13-15-16-17-18-21-24-28-32-41(64)81-51-37(7)77-60(49(72)47(51)70)84-53-39(9)79-63(57(83-58(74)34(4)12-3)56(53)87-59-48(71)45(68)43(66)35(5)75-59)85-52-38(8)78-61-50(73)54(52)82-42(65)33-29-25-22-19-20-23-27-31-40(30-26-14-11-2)80-62-55(86-61)46(69)44(67)36(6)76-62/h34-40,43-57,59-63,66-73H,10-33H2,1-9H3/t34-,35-,36+,37-,38-,39-,40-,43-,44-,45+,46-,47-,48+,49+,50+,51-,52-,53-,54-,55+,56+,57+,59-,60-,61-,62-,63-/m0/s1. The molecule has 0 amide bonds. The molecule has 0 aromatic heterocycles. The fourth-order valence-corrected chi connectivity index (χ4v) is 12.3. The summed E-state index contributed by atoms with van der Waals surface area (Å²) >= 11 is 0. The number of unbranched alkanes of at least 4 members (excludes halogenated alkanes) is 10. The van der Waals surface area contributed by atoms with Gasteiger partial charge in [0, 0.05) is 12.8 Å². The average Bonchev–Trinajstić information content (AvgIpc) is 1.27. The first-order valence-corrected chi connectivity index (χ1v) is 33.2. The maximum absolute atomic E-state index is 14.2. The molecule has 0 spiro atoms. The fourth-order valence-electron chi connectivity index (χ4n) is 12.3. The van der Waals surface area contributed by atoms with E-state index in [-0.39, 0.29) is 18.9 Å². The van der Waals surface area contributed by atoms with Gasteiger partial charge in [0.25, 0.3) is 0 Å². The molecule has 6 fully saturated rings. The number of aliphatic hydroxyl groups excluding tert-OH is 8. The van der Waals surface area contributed by atoms with Crippen LogP contribution in [0.4, 0.5) is 0 Å². The van der Waals surface area contributed by atoms with Gasteiger partial charge in [0.15, 0.2) is 49.8 Å². The number of hydrogen-bond acceptors (Lipinski definition) is 24. The summed E-state index contributed by atoms with van der Waals surface area (Å²) in [5, 5.41) is 91.8. The maximum Gasteiger partial charge on any atom is 0.309 e. The van der Waals surface area contributed by atoms with Gasteiger partial charge in [-0.05, 0) is 66.7 Å². The van der Waals surface area contributed by atoms with Crippen LogP contribution in [0, 0.1) is 5.92 Å². The zero-order valence-electron chi connectivity index (χ0n) is 53.2. The minimum Gasteiger partial charge on any atom is -0.457 e. The first-order valence-electron chi connectivity index (χ1n) is 33.2. The SMILES string of the molecule is CCCCCCCCCCCC(=O)O[C@@H]1[C@@H](O)[C@@H](O)[C@H](O[C@@H]2[C@@H](O[C@@H]3O[C@@H](C)[C@H](O)[C@@H](O)[C@H]3O)[C@@H](OC(=O)[C@@H](C)CC)[C@H](O[C@@H]3[C@H]4OC(=O)CCCCCCCCC[C@H](CCCCC)O[C@@H]5O[C@H](C)[C@H](O)[C@H](O)[C@H]5O[C@H](O[C@H]3C)[C@@H]4O)O[C@H]2C)O[C@H]1C. The van der Waals surface area contributed by atoms with E-state index in [4.69, 9.17) is 61.6 Å². The first-order chi connectivity index (χ1) is 41.6. The van der Waals surface area contributed by atoms with Crippen LogP contribution in [0.2, 0.25) is 0 Å². The normalized spacial score (nSPS) is 41.6. The molecule has 0 aromatic carbocycles. The summed E-state index contributed by atoms with van der Waals surface area (Å²) in [5.41, 5.74) is 0. The highest BCUT2D eigenvalue weighted by Crippen LogP contribution is 2.40. The van der Waals surface area contributed by atoms with E-state index in [1.165, 1.54) is 46.5 Å². The summed E-state index contributed by atoms with van der Waals surface area (Å²) < 4.78 is 82.3. The lowest BCUT2D eigenvalue weighted by Crippen LogP contribution is -2.68. The summed E-state index contributed by atoms with van der Waals surface area (Å²) in [6.45, 7) is 15.3.